The van der Waals surface area contributed by atoms with Crippen LogP contribution in [-0.2, 0) is 17.6 Å². The largest absolute Gasteiger partial charge is 0.478 e. The van der Waals surface area contributed by atoms with Crippen molar-refractivity contribution < 1.29 is 23.8 Å². The Balaban J connectivity index is 0.000000171. The van der Waals surface area contributed by atoms with E-state index in [0.717, 1.165) is 56.7 Å². The predicted octanol–water partition coefficient (Wildman–Crippen LogP) is 11.0. The zero-order valence-corrected chi connectivity index (χ0v) is 34.8. The number of rotatable bonds is 13. The lowest BCUT2D eigenvalue weighted by Gasteiger charge is -2.13. The zero-order valence-electron chi connectivity index (χ0n) is 34.0. The molecule has 310 valence electrons. The molecule has 0 bridgehead atoms. The number of ether oxygens (including phenoxy) is 1. The molecule has 0 saturated heterocycles. The third-order valence-electron chi connectivity index (χ3n) is 10.5. The van der Waals surface area contributed by atoms with E-state index in [4.69, 9.17) is 37.7 Å². The van der Waals surface area contributed by atoms with Gasteiger partial charge in [0.1, 0.15) is 23.0 Å². The van der Waals surface area contributed by atoms with Crippen molar-refractivity contribution in [3.63, 3.8) is 0 Å². The molecule has 1 aliphatic carbocycles. The third-order valence-corrected chi connectivity index (χ3v) is 10.8. The van der Waals surface area contributed by atoms with Gasteiger partial charge < -0.3 is 20.5 Å². The number of nitrogens with one attached hydrogen (secondary N) is 2. The molecule has 1 fully saturated rings. The van der Waals surface area contributed by atoms with E-state index < -0.39 is 11.8 Å². The highest BCUT2D eigenvalue weighted by molar-refractivity contribution is 6.31. The number of Topliss-reactive ketones (excluding diaryl/α,β-unsaturated/α-hetero) is 1. The van der Waals surface area contributed by atoms with Crippen molar-refractivity contribution in [3.8, 4) is 12.3 Å². The Morgan fingerprint density at radius 3 is 2.27 bits per heavy atom. The van der Waals surface area contributed by atoms with Gasteiger partial charge in [-0.1, -0.05) is 41.8 Å². The molecule has 13 heteroatoms. The minimum Gasteiger partial charge on any atom is -0.478 e. The molecule has 1 aliphatic rings. The number of fused-ring (bicyclic) bond motifs is 6. The van der Waals surface area contributed by atoms with E-state index in [-0.39, 0.29) is 16.4 Å². The average Bonchev–Trinajstić information content (AvgIpc) is 4.10. The normalized spacial score (nSPS) is 12.2. The lowest BCUT2D eigenvalue weighted by molar-refractivity contribution is 0.0696. The third kappa shape index (κ3) is 9.45. The molecule has 9 rings (SSSR count). The van der Waals surface area contributed by atoms with Gasteiger partial charge in [-0.25, -0.2) is 29.1 Å². The fraction of sp³-hybridized carbons (Fsp3) is 0.204. The molecule has 4 aromatic heterocycles. The molecule has 4 heterocycles. The van der Waals surface area contributed by atoms with Gasteiger partial charge in [-0.3, -0.25) is 9.78 Å². The van der Waals surface area contributed by atoms with Crippen molar-refractivity contribution in [1.29, 1.82) is 0 Å². The summed E-state index contributed by atoms with van der Waals surface area (Å²) < 4.78 is 19.0. The summed E-state index contributed by atoms with van der Waals surface area (Å²) in [5.41, 5.74) is 5.83. The number of terminal acetylenes is 1. The number of aromatic carboxylic acids is 1. The fourth-order valence-electron chi connectivity index (χ4n) is 7.16. The Morgan fingerprint density at radius 2 is 1.55 bits per heavy atom. The number of aryl methyl sites for hydroxylation is 1. The van der Waals surface area contributed by atoms with Gasteiger partial charge in [-0.05, 0) is 106 Å². The second-order valence-electron chi connectivity index (χ2n) is 15.1. The minimum atomic E-state index is -1.01. The number of ketones is 1. The van der Waals surface area contributed by atoms with Crippen LogP contribution in [0, 0.1) is 24.1 Å². The molecule has 3 N–H and O–H groups in total. The first-order valence-electron chi connectivity index (χ1n) is 20.3. The number of aromatic nitrogens is 5. The highest BCUT2D eigenvalue weighted by Gasteiger charge is 2.23. The Kier molecular flexibility index (Phi) is 12.3. The molecule has 0 amide bonds. The first kappa shape index (κ1) is 41.7. The van der Waals surface area contributed by atoms with Crippen molar-refractivity contribution >= 4 is 89.8 Å². The number of carboxylic acid groups (broad SMARTS) is 1. The lowest BCUT2D eigenvalue weighted by Crippen LogP contribution is -2.04. The molecular weight excluding hydrogens is 805 g/mol. The Morgan fingerprint density at radius 1 is 0.839 bits per heavy atom. The van der Waals surface area contributed by atoms with Crippen LogP contribution in [0.5, 0.6) is 0 Å². The maximum Gasteiger partial charge on any atom is 0.335 e. The molecule has 62 heavy (non-hydrogen) atoms. The number of halogens is 2. The second kappa shape index (κ2) is 18.3. The van der Waals surface area contributed by atoms with E-state index >= 15 is 0 Å². The van der Waals surface area contributed by atoms with Crippen LogP contribution in [0.1, 0.15) is 70.9 Å². The van der Waals surface area contributed by atoms with Crippen molar-refractivity contribution in [2.75, 3.05) is 23.8 Å². The monoisotopic (exact) mass is 845 g/mol. The summed E-state index contributed by atoms with van der Waals surface area (Å²) in [6.45, 7) is 4.83. The predicted molar refractivity (Wildman–Crippen MR) is 242 cm³/mol. The van der Waals surface area contributed by atoms with Gasteiger partial charge in [-0.15, -0.1) is 6.42 Å². The molecule has 0 unspecified atom stereocenters. The van der Waals surface area contributed by atoms with E-state index in [1.54, 1.807) is 36.5 Å². The van der Waals surface area contributed by atoms with Gasteiger partial charge in [-0.2, -0.15) is 0 Å². The van der Waals surface area contributed by atoms with Crippen LogP contribution in [-0.4, -0.2) is 55.0 Å². The van der Waals surface area contributed by atoms with Crippen LogP contribution in [0.2, 0.25) is 5.02 Å². The van der Waals surface area contributed by atoms with E-state index in [9.17, 15) is 19.1 Å². The standard InChI is InChI=1S/C25H22N4O3.C24H19ClFN3O/c1-3-16-7-5-8-18(13-16)27-24-23-20(15-26-22(29-23)9-6-12-32-4-2)19-11-10-17(25(30)31)14-21(19)28-24;1-13(30)15-4-6-18-20-12-27-17(8-14-2-3-14)10-19(20)24(29-23(18)9-15)28-16-5-7-22(26)21(25)11-16/h1,5,7-8,10-11,13-15H,4,6,9,12H2,2H3,(H,27,28)(H,30,31);4-7,9-12,14H,2-3,8H2,1H3,(H,28,29). The molecule has 0 radical (unpaired) electrons. The van der Waals surface area contributed by atoms with Gasteiger partial charge in [0.2, 0.25) is 0 Å². The quantitative estimate of drug-likeness (QED) is 0.0440. The number of hydrogen-bond acceptors (Lipinski definition) is 10. The van der Waals surface area contributed by atoms with Crippen molar-refractivity contribution in [2.24, 2.45) is 5.92 Å². The Bertz CT molecular complexity index is 3080. The SMILES string of the molecule is C#Cc1cccc(Nc2nc3cc(C(=O)O)ccc3c3cnc(CCCOCC)nc23)c1.CC(=O)c1ccc2c(c1)nc(Nc1ccc(F)c(Cl)c1)c1cc(CC3CC3)ncc12. The van der Waals surface area contributed by atoms with Crippen LogP contribution in [0.3, 0.4) is 0 Å². The minimum absolute atomic E-state index is 0.0171. The van der Waals surface area contributed by atoms with Crippen LogP contribution < -0.4 is 10.6 Å². The fourth-order valence-corrected chi connectivity index (χ4v) is 7.34. The lowest BCUT2D eigenvalue weighted by atomic mass is 10.0. The van der Waals surface area contributed by atoms with Crippen molar-refractivity contribution in [1.82, 2.24) is 24.9 Å². The summed E-state index contributed by atoms with van der Waals surface area (Å²) in [7, 11) is 0. The molecule has 0 spiro atoms. The maximum absolute atomic E-state index is 13.6. The highest BCUT2D eigenvalue weighted by Crippen LogP contribution is 2.36. The number of hydrogen-bond donors (Lipinski definition) is 3. The maximum atomic E-state index is 13.6. The van der Waals surface area contributed by atoms with E-state index in [1.165, 1.54) is 31.9 Å². The first-order valence-corrected chi connectivity index (χ1v) is 20.6. The second-order valence-corrected chi connectivity index (χ2v) is 15.5. The number of nitrogens with zero attached hydrogens (tertiary/aromatic N) is 5. The Labute approximate surface area is 361 Å². The average molecular weight is 846 g/mol. The van der Waals surface area contributed by atoms with Crippen LogP contribution >= 0.6 is 11.6 Å². The van der Waals surface area contributed by atoms with Crippen LogP contribution in [0.4, 0.5) is 27.4 Å². The van der Waals surface area contributed by atoms with Gasteiger partial charge >= 0.3 is 5.97 Å². The number of carbonyl (C=O) groups excluding carboxylic acids is 1. The summed E-state index contributed by atoms with van der Waals surface area (Å²) in [6.07, 6.45) is 14.1. The molecular formula is C49H41ClFN7O4. The van der Waals surface area contributed by atoms with Crippen LogP contribution in [0.25, 0.3) is 43.5 Å². The number of pyridine rings is 3. The molecule has 0 atom stereocenters. The summed E-state index contributed by atoms with van der Waals surface area (Å²) >= 11 is 5.96. The molecule has 8 aromatic rings. The smallest absolute Gasteiger partial charge is 0.335 e. The van der Waals surface area contributed by atoms with Gasteiger partial charge in [0.05, 0.1) is 21.6 Å². The summed E-state index contributed by atoms with van der Waals surface area (Å²) in [5, 5.41) is 20.4. The molecule has 4 aromatic carbocycles. The molecule has 1 saturated carbocycles. The number of benzene rings is 4. The number of carboxylic acids is 1. The molecule has 0 aliphatic heterocycles. The molecule has 11 nitrogen and oxygen atoms in total. The Hall–Kier alpha value is -7.07. The highest BCUT2D eigenvalue weighted by atomic mass is 35.5. The number of carbonyl (C=O) groups is 2. The van der Waals surface area contributed by atoms with Gasteiger partial charge in [0, 0.05) is 87.2 Å². The van der Waals surface area contributed by atoms with E-state index in [0.29, 0.717) is 70.8 Å². The summed E-state index contributed by atoms with van der Waals surface area (Å²) in [5.74, 6) is 3.67. The van der Waals surface area contributed by atoms with Crippen molar-refractivity contribution in [2.45, 2.75) is 46.0 Å². The van der Waals surface area contributed by atoms with Crippen LogP contribution in [0.15, 0.2) is 97.3 Å². The first-order chi connectivity index (χ1) is 30.1. The summed E-state index contributed by atoms with van der Waals surface area (Å²) in [6, 6.07) is 24.4. The van der Waals surface area contributed by atoms with E-state index in [2.05, 4.69) is 32.6 Å². The van der Waals surface area contributed by atoms with Crippen molar-refractivity contribution in [3.05, 3.63) is 136 Å². The van der Waals surface area contributed by atoms with E-state index in [1.807, 2.05) is 49.5 Å². The zero-order chi connectivity index (χ0) is 43.3. The topological polar surface area (TPSA) is 152 Å². The number of anilines is 4. The van der Waals surface area contributed by atoms with Gasteiger partial charge in [0.15, 0.2) is 11.6 Å². The van der Waals surface area contributed by atoms with Gasteiger partial charge in [0.25, 0.3) is 0 Å². The summed E-state index contributed by atoms with van der Waals surface area (Å²) in [4.78, 5) is 46.8.